The van der Waals surface area contributed by atoms with Gasteiger partial charge in [0.1, 0.15) is 5.82 Å². The molecule has 1 rings (SSSR count). The molecule has 3 N–H and O–H groups in total. The third kappa shape index (κ3) is 2.09. The normalized spacial score (nSPS) is 12.8. The van der Waals surface area contributed by atoms with Crippen molar-refractivity contribution >= 4 is 5.82 Å². The number of hydrogen-bond donors (Lipinski definition) is 2. The number of nitrogens with two attached hydrogens (primary N) is 1. The standard InChI is InChI=1S/C9H15N3O/c1-6(2)4-8(13)7-5-11-12(3)9(7)10/h5,8,13H,1,4,10H2,2-3H3. The first-order chi connectivity index (χ1) is 6.02. The van der Waals surface area contributed by atoms with Crippen molar-refractivity contribution in [2.45, 2.75) is 19.4 Å². The molecule has 0 spiro atoms. The van der Waals surface area contributed by atoms with E-state index in [1.54, 1.807) is 13.2 Å². The largest absolute Gasteiger partial charge is 0.388 e. The minimum absolute atomic E-state index is 0.508. The Kier molecular flexibility index (Phi) is 2.72. The van der Waals surface area contributed by atoms with Crippen molar-refractivity contribution in [1.82, 2.24) is 9.78 Å². The van der Waals surface area contributed by atoms with E-state index in [4.69, 9.17) is 5.73 Å². The van der Waals surface area contributed by atoms with Crippen LogP contribution >= 0.6 is 0 Å². The summed E-state index contributed by atoms with van der Waals surface area (Å²) >= 11 is 0. The maximum atomic E-state index is 9.69. The third-order valence-corrected chi connectivity index (χ3v) is 1.92. The maximum Gasteiger partial charge on any atom is 0.127 e. The molecule has 0 aromatic carbocycles. The minimum Gasteiger partial charge on any atom is -0.388 e. The maximum absolute atomic E-state index is 9.69. The van der Waals surface area contributed by atoms with Crippen LogP contribution in [0.1, 0.15) is 25.0 Å². The molecule has 72 valence electrons. The highest BCUT2D eigenvalue weighted by atomic mass is 16.3. The molecule has 0 saturated carbocycles. The molecule has 1 aromatic rings. The summed E-state index contributed by atoms with van der Waals surface area (Å²) in [6.45, 7) is 5.60. The summed E-state index contributed by atoms with van der Waals surface area (Å²) in [6, 6.07) is 0. The van der Waals surface area contributed by atoms with Crippen LogP contribution < -0.4 is 5.73 Å². The Balaban J connectivity index is 2.82. The van der Waals surface area contributed by atoms with E-state index in [9.17, 15) is 5.11 Å². The Morgan fingerprint density at radius 1 is 1.85 bits per heavy atom. The zero-order valence-electron chi connectivity index (χ0n) is 7.99. The summed E-state index contributed by atoms with van der Waals surface area (Å²) in [6.07, 6.45) is 1.52. The number of rotatable bonds is 3. The second kappa shape index (κ2) is 3.62. The average Bonchev–Trinajstić information content (AvgIpc) is 2.31. The predicted molar refractivity (Wildman–Crippen MR) is 52.0 cm³/mol. The monoisotopic (exact) mass is 181 g/mol. The van der Waals surface area contributed by atoms with Gasteiger partial charge in [-0.2, -0.15) is 5.10 Å². The molecule has 0 aliphatic rings. The lowest BCUT2D eigenvalue weighted by Gasteiger charge is -2.09. The van der Waals surface area contributed by atoms with Crippen LogP contribution in [0, 0.1) is 0 Å². The highest BCUT2D eigenvalue weighted by Gasteiger charge is 2.14. The minimum atomic E-state index is -0.591. The van der Waals surface area contributed by atoms with Gasteiger partial charge in [-0.15, -0.1) is 6.58 Å². The molecule has 0 saturated heterocycles. The van der Waals surface area contributed by atoms with Crippen LogP contribution in [0.5, 0.6) is 0 Å². The molecular weight excluding hydrogens is 166 g/mol. The lowest BCUT2D eigenvalue weighted by Crippen LogP contribution is -2.03. The van der Waals surface area contributed by atoms with E-state index in [2.05, 4.69) is 11.7 Å². The number of aryl methyl sites for hydroxylation is 1. The van der Waals surface area contributed by atoms with Gasteiger partial charge in [0, 0.05) is 12.6 Å². The van der Waals surface area contributed by atoms with Crippen LogP contribution in [0.4, 0.5) is 5.82 Å². The molecule has 0 radical (unpaired) electrons. The van der Waals surface area contributed by atoms with Crippen molar-refractivity contribution in [3.63, 3.8) is 0 Å². The van der Waals surface area contributed by atoms with E-state index in [0.29, 0.717) is 17.8 Å². The Labute approximate surface area is 77.7 Å². The first-order valence-corrected chi connectivity index (χ1v) is 4.12. The summed E-state index contributed by atoms with van der Waals surface area (Å²) in [5, 5.41) is 13.6. The molecule has 0 amide bonds. The summed E-state index contributed by atoms with van der Waals surface area (Å²) < 4.78 is 1.54. The van der Waals surface area contributed by atoms with E-state index >= 15 is 0 Å². The van der Waals surface area contributed by atoms with E-state index in [1.165, 1.54) is 4.68 Å². The number of nitrogen functional groups attached to an aromatic ring is 1. The van der Waals surface area contributed by atoms with Gasteiger partial charge in [-0.1, -0.05) is 5.57 Å². The summed E-state index contributed by atoms with van der Waals surface area (Å²) in [7, 11) is 1.74. The number of hydrogen-bond acceptors (Lipinski definition) is 3. The van der Waals surface area contributed by atoms with Gasteiger partial charge in [-0.3, -0.25) is 4.68 Å². The zero-order valence-corrected chi connectivity index (χ0v) is 7.99. The SMILES string of the molecule is C=C(C)CC(O)c1cnn(C)c1N. The zero-order chi connectivity index (χ0) is 10.0. The number of nitrogens with zero attached hydrogens (tertiary/aromatic N) is 2. The van der Waals surface area contributed by atoms with Gasteiger partial charge in [0.2, 0.25) is 0 Å². The van der Waals surface area contributed by atoms with Gasteiger partial charge in [0.15, 0.2) is 0 Å². The molecule has 4 nitrogen and oxygen atoms in total. The number of aliphatic hydroxyl groups is 1. The lowest BCUT2D eigenvalue weighted by atomic mass is 10.1. The van der Waals surface area contributed by atoms with Gasteiger partial charge >= 0.3 is 0 Å². The summed E-state index contributed by atoms with van der Waals surface area (Å²) in [5.74, 6) is 0.508. The molecule has 1 atom stereocenters. The van der Waals surface area contributed by atoms with E-state index in [-0.39, 0.29) is 0 Å². The highest BCUT2D eigenvalue weighted by molar-refractivity contribution is 5.40. The molecule has 13 heavy (non-hydrogen) atoms. The van der Waals surface area contributed by atoms with Gasteiger partial charge in [0.05, 0.1) is 12.3 Å². The van der Waals surface area contributed by atoms with E-state index in [1.807, 2.05) is 6.92 Å². The molecule has 4 heteroatoms. The lowest BCUT2D eigenvalue weighted by molar-refractivity contribution is 0.179. The first-order valence-electron chi connectivity index (χ1n) is 4.12. The Bertz CT molecular complexity index is 317. The molecular formula is C9H15N3O. The predicted octanol–water partition coefficient (Wildman–Crippen LogP) is 1.00. The molecule has 0 fully saturated rings. The van der Waals surface area contributed by atoms with Gasteiger partial charge in [-0.25, -0.2) is 0 Å². The van der Waals surface area contributed by atoms with Crippen LogP contribution in [-0.4, -0.2) is 14.9 Å². The molecule has 1 heterocycles. The van der Waals surface area contributed by atoms with Crippen molar-refractivity contribution in [2.75, 3.05) is 5.73 Å². The van der Waals surface area contributed by atoms with Gasteiger partial charge < -0.3 is 10.8 Å². The van der Waals surface area contributed by atoms with E-state index in [0.717, 1.165) is 5.57 Å². The molecule has 1 aromatic heterocycles. The molecule has 1 unspecified atom stereocenters. The second-order valence-electron chi connectivity index (χ2n) is 3.29. The van der Waals surface area contributed by atoms with E-state index < -0.39 is 6.10 Å². The average molecular weight is 181 g/mol. The van der Waals surface area contributed by atoms with Crippen molar-refractivity contribution in [2.24, 2.45) is 7.05 Å². The topological polar surface area (TPSA) is 64.1 Å². The smallest absolute Gasteiger partial charge is 0.127 e. The van der Waals surface area contributed by atoms with Crippen LogP contribution in [0.25, 0.3) is 0 Å². The number of aliphatic hydroxyl groups excluding tert-OH is 1. The third-order valence-electron chi connectivity index (χ3n) is 1.92. The van der Waals surface area contributed by atoms with Crippen LogP contribution in [-0.2, 0) is 7.05 Å². The quantitative estimate of drug-likeness (QED) is 0.684. The Hall–Kier alpha value is -1.29. The Morgan fingerprint density at radius 2 is 2.46 bits per heavy atom. The van der Waals surface area contributed by atoms with Gasteiger partial charge in [0.25, 0.3) is 0 Å². The number of aromatic nitrogens is 2. The van der Waals surface area contributed by atoms with Crippen LogP contribution in [0.15, 0.2) is 18.3 Å². The Morgan fingerprint density at radius 3 is 2.85 bits per heavy atom. The van der Waals surface area contributed by atoms with Crippen molar-refractivity contribution in [1.29, 1.82) is 0 Å². The summed E-state index contributed by atoms with van der Waals surface area (Å²) in [5.41, 5.74) is 7.29. The molecule has 0 aliphatic carbocycles. The number of anilines is 1. The van der Waals surface area contributed by atoms with Crippen molar-refractivity contribution in [3.05, 3.63) is 23.9 Å². The second-order valence-corrected chi connectivity index (χ2v) is 3.29. The van der Waals surface area contributed by atoms with Crippen molar-refractivity contribution < 1.29 is 5.11 Å². The molecule has 0 aliphatic heterocycles. The van der Waals surface area contributed by atoms with Crippen molar-refractivity contribution in [3.8, 4) is 0 Å². The molecule has 0 bridgehead atoms. The fourth-order valence-corrected chi connectivity index (χ4v) is 1.16. The summed E-state index contributed by atoms with van der Waals surface area (Å²) in [4.78, 5) is 0. The fraction of sp³-hybridized carbons (Fsp3) is 0.444. The highest BCUT2D eigenvalue weighted by Crippen LogP contribution is 2.24. The fourth-order valence-electron chi connectivity index (χ4n) is 1.16. The first kappa shape index (κ1) is 9.80. The van der Waals surface area contributed by atoms with Crippen LogP contribution in [0.3, 0.4) is 0 Å². The van der Waals surface area contributed by atoms with Crippen LogP contribution in [0.2, 0.25) is 0 Å². The van der Waals surface area contributed by atoms with Gasteiger partial charge in [-0.05, 0) is 13.3 Å².